The zero-order valence-corrected chi connectivity index (χ0v) is 24.0. The zero-order chi connectivity index (χ0) is 28.0. The summed E-state index contributed by atoms with van der Waals surface area (Å²) < 4.78 is 16.4. The van der Waals surface area contributed by atoms with Crippen molar-refractivity contribution in [1.29, 1.82) is 0 Å². The molecule has 0 spiro atoms. The summed E-state index contributed by atoms with van der Waals surface area (Å²) in [7, 11) is 1.36. The van der Waals surface area contributed by atoms with E-state index >= 15 is 0 Å². The lowest BCUT2D eigenvalue weighted by atomic mass is 9.81. The van der Waals surface area contributed by atoms with Crippen molar-refractivity contribution in [3.63, 3.8) is 0 Å². The van der Waals surface area contributed by atoms with Gasteiger partial charge in [-0.25, -0.2) is 0 Å². The predicted octanol–water partition coefficient (Wildman–Crippen LogP) is 6.73. The Labute approximate surface area is 239 Å². The molecule has 0 saturated carbocycles. The number of amides is 1. The second kappa shape index (κ2) is 12.9. The third-order valence-electron chi connectivity index (χ3n) is 7.01. The van der Waals surface area contributed by atoms with Crippen molar-refractivity contribution in [2.45, 2.75) is 51.7 Å². The van der Waals surface area contributed by atoms with Gasteiger partial charge in [0.2, 0.25) is 0 Å². The number of hydrogen-bond acceptors (Lipinski definition) is 5. The Morgan fingerprint density at radius 2 is 1.69 bits per heavy atom. The third kappa shape index (κ3) is 7.33. The van der Waals surface area contributed by atoms with Crippen LogP contribution in [0.15, 0.2) is 54.6 Å². The molecular formula is C31H33Cl2NO5. The van der Waals surface area contributed by atoms with Crippen LogP contribution < -0.4 is 10.1 Å². The first-order chi connectivity index (χ1) is 18.7. The fourth-order valence-electron chi connectivity index (χ4n) is 4.97. The Morgan fingerprint density at radius 3 is 2.38 bits per heavy atom. The van der Waals surface area contributed by atoms with E-state index in [2.05, 4.69) is 37.4 Å². The van der Waals surface area contributed by atoms with Gasteiger partial charge in [0.1, 0.15) is 12.4 Å². The van der Waals surface area contributed by atoms with Gasteiger partial charge in [0.15, 0.2) is 0 Å². The predicted molar refractivity (Wildman–Crippen MR) is 153 cm³/mol. The molecule has 3 aromatic carbocycles. The van der Waals surface area contributed by atoms with Gasteiger partial charge in [0.25, 0.3) is 5.91 Å². The summed E-state index contributed by atoms with van der Waals surface area (Å²) in [5, 5.41) is 4.33. The Hall–Kier alpha value is -3.06. The Morgan fingerprint density at radius 1 is 0.974 bits per heavy atom. The van der Waals surface area contributed by atoms with Crippen molar-refractivity contribution in [1.82, 2.24) is 5.32 Å². The van der Waals surface area contributed by atoms with E-state index < -0.39 is 5.54 Å². The Bertz CT molecular complexity index is 1330. The number of ether oxygens (including phenoxy) is 3. The van der Waals surface area contributed by atoms with E-state index in [0.29, 0.717) is 53.8 Å². The SMILES string of the molecule is COC(=O)CCc1ccc(COc2cc(Cl)ccc2Cl)cc1C(=O)NC1(c2cc(C)cc(C)c2)CCOCC1. The van der Waals surface area contributed by atoms with E-state index in [9.17, 15) is 9.59 Å². The number of aryl methyl sites for hydroxylation is 3. The van der Waals surface area contributed by atoms with Gasteiger partial charge in [-0.3, -0.25) is 9.59 Å². The molecule has 4 rings (SSSR count). The summed E-state index contributed by atoms with van der Waals surface area (Å²) >= 11 is 12.4. The molecule has 0 bridgehead atoms. The first-order valence-corrected chi connectivity index (χ1v) is 13.7. The maximum Gasteiger partial charge on any atom is 0.305 e. The molecular weight excluding hydrogens is 537 g/mol. The fraction of sp³-hybridized carbons (Fsp3) is 0.355. The summed E-state index contributed by atoms with van der Waals surface area (Å²) in [6.07, 6.45) is 1.86. The molecule has 1 amide bonds. The highest BCUT2D eigenvalue weighted by molar-refractivity contribution is 6.34. The van der Waals surface area contributed by atoms with Crippen molar-refractivity contribution in [3.05, 3.63) is 98.0 Å². The van der Waals surface area contributed by atoms with E-state index in [1.165, 1.54) is 7.11 Å². The molecule has 3 aromatic rings. The van der Waals surface area contributed by atoms with Crippen LogP contribution in [-0.2, 0) is 32.8 Å². The molecule has 206 valence electrons. The van der Waals surface area contributed by atoms with Crippen LogP contribution in [0.25, 0.3) is 0 Å². The van der Waals surface area contributed by atoms with Crippen LogP contribution in [0.5, 0.6) is 5.75 Å². The van der Waals surface area contributed by atoms with Gasteiger partial charge >= 0.3 is 5.97 Å². The van der Waals surface area contributed by atoms with E-state index in [1.54, 1.807) is 18.2 Å². The number of benzene rings is 3. The van der Waals surface area contributed by atoms with Crippen molar-refractivity contribution in [2.24, 2.45) is 0 Å². The third-order valence-corrected chi connectivity index (χ3v) is 7.55. The van der Waals surface area contributed by atoms with E-state index in [0.717, 1.165) is 27.8 Å². The first-order valence-electron chi connectivity index (χ1n) is 12.9. The van der Waals surface area contributed by atoms with Crippen LogP contribution in [-0.4, -0.2) is 32.2 Å². The van der Waals surface area contributed by atoms with Crippen molar-refractivity contribution in [3.8, 4) is 5.75 Å². The minimum absolute atomic E-state index is 0.167. The second-order valence-electron chi connectivity index (χ2n) is 9.96. The number of methoxy groups -OCH3 is 1. The summed E-state index contributed by atoms with van der Waals surface area (Å²) in [6.45, 7) is 5.42. The minimum Gasteiger partial charge on any atom is -0.487 e. The summed E-state index contributed by atoms with van der Waals surface area (Å²) in [5.41, 5.74) is 4.82. The minimum atomic E-state index is -0.563. The lowest BCUT2D eigenvalue weighted by Crippen LogP contribution is -2.49. The Balaban J connectivity index is 1.65. The van der Waals surface area contributed by atoms with Gasteiger partial charge in [-0.05, 0) is 68.0 Å². The maximum atomic E-state index is 14.0. The van der Waals surface area contributed by atoms with Gasteiger partial charge in [-0.2, -0.15) is 0 Å². The number of carbonyl (C=O) groups excluding carboxylic acids is 2. The highest BCUT2D eigenvalue weighted by Gasteiger charge is 2.37. The van der Waals surface area contributed by atoms with E-state index in [1.807, 2.05) is 18.2 Å². The number of esters is 1. The van der Waals surface area contributed by atoms with Crippen molar-refractivity contribution in [2.75, 3.05) is 20.3 Å². The monoisotopic (exact) mass is 569 g/mol. The quantitative estimate of drug-likeness (QED) is 0.289. The summed E-state index contributed by atoms with van der Waals surface area (Å²) in [6, 6.07) is 17.0. The number of halogens is 2. The van der Waals surface area contributed by atoms with Crippen molar-refractivity contribution < 1.29 is 23.8 Å². The highest BCUT2D eigenvalue weighted by atomic mass is 35.5. The molecule has 6 nitrogen and oxygen atoms in total. The standard InChI is InChI=1S/C31H33Cl2NO5/c1-20-14-21(2)16-24(15-20)31(10-12-38-13-11-31)34-30(36)26-17-22(4-5-23(26)6-9-29(35)37-3)19-39-28-18-25(32)7-8-27(28)33/h4-5,7-8,14-18H,6,9-13,19H2,1-3H3,(H,34,36). The maximum absolute atomic E-state index is 14.0. The molecule has 39 heavy (non-hydrogen) atoms. The molecule has 0 atom stereocenters. The Kier molecular flexibility index (Phi) is 9.54. The lowest BCUT2D eigenvalue weighted by molar-refractivity contribution is -0.140. The largest absolute Gasteiger partial charge is 0.487 e. The molecule has 1 N–H and O–H groups in total. The van der Waals surface area contributed by atoms with Crippen LogP contribution in [0.2, 0.25) is 10.0 Å². The molecule has 1 aliphatic heterocycles. The average molecular weight is 571 g/mol. The lowest BCUT2D eigenvalue weighted by Gasteiger charge is -2.39. The van der Waals surface area contributed by atoms with Crippen LogP contribution in [0.4, 0.5) is 0 Å². The van der Waals surface area contributed by atoms with E-state index in [-0.39, 0.29) is 24.9 Å². The molecule has 1 aliphatic rings. The number of carbonyl (C=O) groups is 2. The fourth-order valence-corrected chi connectivity index (χ4v) is 5.31. The van der Waals surface area contributed by atoms with Crippen molar-refractivity contribution >= 4 is 35.1 Å². The molecule has 0 unspecified atom stereocenters. The van der Waals surface area contributed by atoms with E-state index in [4.69, 9.17) is 37.4 Å². The average Bonchev–Trinajstić information content (AvgIpc) is 2.92. The first kappa shape index (κ1) is 28.9. The van der Waals surface area contributed by atoms with Crippen LogP contribution in [0, 0.1) is 13.8 Å². The van der Waals surface area contributed by atoms with Crippen LogP contribution in [0.3, 0.4) is 0 Å². The van der Waals surface area contributed by atoms with Gasteiger partial charge in [-0.15, -0.1) is 0 Å². The zero-order valence-electron chi connectivity index (χ0n) is 22.4. The van der Waals surface area contributed by atoms with Gasteiger partial charge in [0, 0.05) is 36.3 Å². The molecule has 8 heteroatoms. The number of hydrogen-bond donors (Lipinski definition) is 1. The number of rotatable bonds is 9. The molecule has 1 heterocycles. The molecule has 0 radical (unpaired) electrons. The highest BCUT2D eigenvalue weighted by Crippen LogP contribution is 2.34. The second-order valence-corrected chi connectivity index (χ2v) is 10.8. The number of nitrogens with one attached hydrogen (secondary N) is 1. The summed E-state index contributed by atoms with van der Waals surface area (Å²) in [4.78, 5) is 25.9. The van der Waals surface area contributed by atoms with Gasteiger partial charge < -0.3 is 19.5 Å². The molecule has 1 fully saturated rings. The smallest absolute Gasteiger partial charge is 0.305 e. The summed E-state index contributed by atoms with van der Waals surface area (Å²) in [5.74, 6) is -0.0834. The molecule has 1 saturated heterocycles. The van der Waals surface area contributed by atoms with Crippen LogP contribution >= 0.6 is 23.2 Å². The normalized spacial score (nSPS) is 14.5. The molecule has 0 aromatic heterocycles. The topological polar surface area (TPSA) is 73.9 Å². The van der Waals surface area contributed by atoms with Gasteiger partial charge in [0.05, 0.1) is 17.7 Å². The van der Waals surface area contributed by atoms with Gasteiger partial charge in [-0.1, -0.05) is 64.7 Å². The molecule has 0 aliphatic carbocycles. The van der Waals surface area contributed by atoms with Crippen LogP contribution in [0.1, 0.15) is 57.4 Å².